The second-order valence-electron chi connectivity index (χ2n) is 9.64. The van der Waals surface area contributed by atoms with Crippen LogP contribution in [-0.2, 0) is 15.7 Å². The topological polar surface area (TPSA) is 58.6 Å². The maximum absolute atomic E-state index is 12.9. The molecular formula is C22H33F3N4O2. The highest BCUT2D eigenvalue weighted by atomic mass is 19.4. The molecule has 0 N–H and O–H groups in total. The van der Waals surface area contributed by atoms with Crippen molar-refractivity contribution in [2.75, 3.05) is 31.2 Å². The van der Waals surface area contributed by atoms with Crippen LogP contribution in [0.3, 0.4) is 0 Å². The number of likely N-dealkylation sites (tertiary alicyclic amines) is 1. The third-order valence-electron chi connectivity index (χ3n) is 6.04. The van der Waals surface area contributed by atoms with E-state index in [0.29, 0.717) is 38.7 Å². The Kier molecular flexibility index (Phi) is 7.44. The minimum atomic E-state index is -4.45. The Labute approximate surface area is 182 Å². The van der Waals surface area contributed by atoms with Gasteiger partial charge >= 0.3 is 6.18 Å². The first-order chi connectivity index (χ1) is 14.6. The van der Waals surface area contributed by atoms with Crippen LogP contribution in [0.4, 0.5) is 19.1 Å². The molecule has 31 heavy (non-hydrogen) atoms. The van der Waals surface area contributed by atoms with Crippen LogP contribution in [0.5, 0.6) is 0 Å². The lowest BCUT2D eigenvalue weighted by Gasteiger charge is -2.49. The molecule has 2 aliphatic rings. The number of ether oxygens (including phenoxy) is 1. The van der Waals surface area contributed by atoms with E-state index in [1.165, 1.54) is 0 Å². The number of fused-ring (bicyclic) bond motifs is 1. The SMILES string of the molecule is CC(C)(C)CCOCCC(=O)N1CCC[C@@H]2[C@H]1CCCN2c1ncc(C(F)(F)F)cn1. The number of carbonyl (C=O) groups excluding carboxylic acids is 1. The summed E-state index contributed by atoms with van der Waals surface area (Å²) in [4.78, 5) is 24.8. The number of halogens is 3. The fourth-order valence-electron chi connectivity index (χ4n) is 4.34. The molecule has 0 bridgehead atoms. The molecule has 0 radical (unpaired) electrons. The summed E-state index contributed by atoms with van der Waals surface area (Å²) < 4.78 is 44.2. The molecule has 1 amide bonds. The summed E-state index contributed by atoms with van der Waals surface area (Å²) in [5.74, 6) is 0.392. The maximum Gasteiger partial charge on any atom is 0.419 e. The van der Waals surface area contributed by atoms with E-state index >= 15 is 0 Å². The Hall–Kier alpha value is -1.90. The molecule has 174 valence electrons. The molecule has 2 atom stereocenters. The van der Waals surface area contributed by atoms with Crippen molar-refractivity contribution >= 4 is 11.9 Å². The highest BCUT2D eigenvalue weighted by Gasteiger charge is 2.41. The Morgan fingerprint density at radius 1 is 1.06 bits per heavy atom. The van der Waals surface area contributed by atoms with Gasteiger partial charge in [-0.05, 0) is 37.5 Å². The van der Waals surface area contributed by atoms with Crippen molar-refractivity contribution < 1.29 is 22.7 Å². The number of anilines is 1. The quantitative estimate of drug-likeness (QED) is 0.615. The predicted molar refractivity (Wildman–Crippen MR) is 112 cm³/mol. The van der Waals surface area contributed by atoms with E-state index in [0.717, 1.165) is 44.5 Å². The molecule has 0 aromatic carbocycles. The standard InChI is InChI=1S/C22H33F3N4O2/c1-21(2,3)9-13-31-12-8-19(30)28-10-4-7-18-17(28)6-5-11-29(18)20-26-14-16(15-27-20)22(23,24)25/h14-15,17-18H,4-13H2,1-3H3/t17-,18-/m1/s1. The molecule has 9 heteroatoms. The molecule has 6 nitrogen and oxygen atoms in total. The van der Waals surface area contributed by atoms with Gasteiger partial charge in [-0.1, -0.05) is 20.8 Å². The summed E-state index contributed by atoms with van der Waals surface area (Å²) in [6.07, 6.45) is 1.98. The molecule has 1 aromatic heterocycles. The average Bonchev–Trinajstić information content (AvgIpc) is 2.71. The van der Waals surface area contributed by atoms with Crippen LogP contribution < -0.4 is 4.90 Å². The molecule has 0 saturated carbocycles. The van der Waals surface area contributed by atoms with Gasteiger partial charge in [-0.15, -0.1) is 0 Å². The predicted octanol–water partition coefficient (Wildman–Crippen LogP) is 4.30. The Morgan fingerprint density at radius 3 is 2.35 bits per heavy atom. The molecule has 3 rings (SSSR count). The normalized spacial score (nSPS) is 22.4. The average molecular weight is 443 g/mol. The van der Waals surface area contributed by atoms with Gasteiger partial charge < -0.3 is 14.5 Å². The van der Waals surface area contributed by atoms with Crippen molar-refractivity contribution in [3.05, 3.63) is 18.0 Å². The van der Waals surface area contributed by atoms with E-state index < -0.39 is 11.7 Å². The Balaban J connectivity index is 1.59. The van der Waals surface area contributed by atoms with Gasteiger partial charge in [-0.2, -0.15) is 13.2 Å². The van der Waals surface area contributed by atoms with Gasteiger partial charge in [-0.3, -0.25) is 4.79 Å². The van der Waals surface area contributed by atoms with Gasteiger partial charge in [0.1, 0.15) is 0 Å². The highest BCUT2D eigenvalue weighted by molar-refractivity contribution is 5.77. The number of hydrogen-bond donors (Lipinski definition) is 0. The van der Waals surface area contributed by atoms with Gasteiger partial charge in [0.2, 0.25) is 11.9 Å². The fraction of sp³-hybridized carbons (Fsp3) is 0.773. The van der Waals surface area contributed by atoms with Crippen molar-refractivity contribution in [1.29, 1.82) is 0 Å². The number of hydrogen-bond acceptors (Lipinski definition) is 5. The lowest BCUT2D eigenvalue weighted by Crippen LogP contribution is -2.60. The minimum Gasteiger partial charge on any atom is -0.381 e. The summed E-state index contributed by atoms with van der Waals surface area (Å²) >= 11 is 0. The van der Waals surface area contributed by atoms with Crippen molar-refractivity contribution in [3.8, 4) is 0 Å². The van der Waals surface area contributed by atoms with E-state index in [1.807, 2.05) is 9.80 Å². The Bertz CT molecular complexity index is 734. The molecule has 0 unspecified atom stereocenters. The number of nitrogens with zero attached hydrogens (tertiary/aromatic N) is 4. The van der Waals surface area contributed by atoms with Crippen molar-refractivity contribution in [2.24, 2.45) is 5.41 Å². The van der Waals surface area contributed by atoms with E-state index in [4.69, 9.17) is 4.74 Å². The second-order valence-corrected chi connectivity index (χ2v) is 9.64. The monoisotopic (exact) mass is 442 g/mol. The van der Waals surface area contributed by atoms with E-state index in [-0.39, 0.29) is 23.4 Å². The van der Waals surface area contributed by atoms with Crippen molar-refractivity contribution in [3.63, 3.8) is 0 Å². The van der Waals surface area contributed by atoms with Crippen LogP contribution in [0, 0.1) is 5.41 Å². The zero-order valence-corrected chi connectivity index (χ0v) is 18.6. The van der Waals surface area contributed by atoms with Crippen LogP contribution >= 0.6 is 0 Å². The van der Waals surface area contributed by atoms with Gasteiger partial charge in [0.25, 0.3) is 0 Å². The van der Waals surface area contributed by atoms with E-state index in [2.05, 4.69) is 30.7 Å². The summed E-state index contributed by atoms with van der Waals surface area (Å²) in [7, 11) is 0. The molecule has 0 spiro atoms. The van der Waals surface area contributed by atoms with Gasteiger partial charge in [0, 0.05) is 32.1 Å². The fourth-order valence-corrected chi connectivity index (χ4v) is 4.34. The number of alkyl halides is 3. The first-order valence-electron chi connectivity index (χ1n) is 11.1. The molecule has 0 aliphatic carbocycles. The number of carbonyl (C=O) groups is 1. The largest absolute Gasteiger partial charge is 0.419 e. The first kappa shape index (κ1) is 23.8. The summed E-state index contributed by atoms with van der Waals surface area (Å²) in [6, 6.07) is 0.0699. The Morgan fingerprint density at radius 2 is 1.71 bits per heavy atom. The lowest BCUT2D eigenvalue weighted by atomic mass is 9.87. The third kappa shape index (κ3) is 6.30. The van der Waals surface area contributed by atoms with Crippen LogP contribution in [0.25, 0.3) is 0 Å². The van der Waals surface area contributed by atoms with Crippen molar-refractivity contribution in [2.45, 2.75) is 77.6 Å². The summed E-state index contributed by atoms with van der Waals surface area (Å²) in [5.41, 5.74) is -0.646. The molecule has 2 aliphatic heterocycles. The van der Waals surface area contributed by atoms with Gasteiger partial charge in [0.05, 0.1) is 30.7 Å². The molecule has 3 heterocycles. The van der Waals surface area contributed by atoms with Crippen LogP contribution in [0.1, 0.15) is 64.9 Å². The van der Waals surface area contributed by atoms with E-state index in [1.54, 1.807) is 0 Å². The maximum atomic E-state index is 12.9. The number of piperidine rings is 2. The molecule has 2 fully saturated rings. The van der Waals surface area contributed by atoms with Crippen LogP contribution in [-0.4, -0.2) is 59.2 Å². The summed E-state index contributed by atoms with van der Waals surface area (Å²) in [5, 5.41) is 0. The summed E-state index contributed by atoms with van der Waals surface area (Å²) in [6.45, 7) is 8.92. The van der Waals surface area contributed by atoms with Gasteiger partial charge in [0.15, 0.2) is 0 Å². The third-order valence-corrected chi connectivity index (χ3v) is 6.04. The first-order valence-corrected chi connectivity index (χ1v) is 11.1. The zero-order valence-electron chi connectivity index (χ0n) is 18.6. The smallest absolute Gasteiger partial charge is 0.381 e. The van der Waals surface area contributed by atoms with Gasteiger partial charge in [-0.25, -0.2) is 9.97 Å². The highest BCUT2D eigenvalue weighted by Crippen LogP contribution is 2.33. The molecular weight excluding hydrogens is 409 g/mol. The zero-order chi connectivity index (χ0) is 22.6. The number of aromatic nitrogens is 2. The van der Waals surface area contributed by atoms with Crippen LogP contribution in [0.15, 0.2) is 12.4 Å². The number of amides is 1. The second kappa shape index (κ2) is 9.71. The van der Waals surface area contributed by atoms with Crippen LogP contribution in [0.2, 0.25) is 0 Å². The van der Waals surface area contributed by atoms with E-state index in [9.17, 15) is 18.0 Å². The van der Waals surface area contributed by atoms with Crippen molar-refractivity contribution in [1.82, 2.24) is 14.9 Å². The number of rotatable bonds is 6. The lowest BCUT2D eigenvalue weighted by molar-refractivity contribution is -0.138. The molecule has 1 aromatic rings. The molecule has 2 saturated heterocycles. The minimum absolute atomic E-state index is 0.0324.